The van der Waals surface area contributed by atoms with Crippen molar-refractivity contribution in [3.63, 3.8) is 0 Å². The lowest BCUT2D eigenvalue weighted by Gasteiger charge is -2.24. The molecular formula is C21H22N4O3. The predicted molar refractivity (Wildman–Crippen MR) is 106 cm³/mol. The van der Waals surface area contributed by atoms with Gasteiger partial charge in [0.05, 0.1) is 0 Å². The van der Waals surface area contributed by atoms with Crippen LogP contribution in [0, 0.1) is 6.92 Å². The van der Waals surface area contributed by atoms with Gasteiger partial charge < -0.3 is 19.5 Å². The number of anilines is 1. The van der Waals surface area contributed by atoms with E-state index in [2.05, 4.69) is 10.3 Å². The fraction of sp³-hybridized carbons (Fsp3) is 0.286. The molecule has 0 spiro atoms. The molecule has 28 heavy (non-hydrogen) atoms. The first-order chi connectivity index (χ1) is 13.5. The lowest BCUT2D eigenvalue weighted by atomic mass is 10.2. The highest BCUT2D eigenvalue weighted by atomic mass is 16.3. The number of nitrogens with zero attached hydrogens (tertiary/aromatic N) is 3. The molecule has 1 N–H and O–H groups in total. The molecule has 0 bridgehead atoms. The molecule has 1 saturated heterocycles. The number of likely N-dealkylation sites (N-methyl/N-ethyl adjacent to an activating group) is 1. The fourth-order valence-electron chi connectivity index (χ4n) is 3.52. The maximum Gasteiger partial charge on any atom is 0.322 e. The molecule has 1 aromatic heterocycles. The summed E-state index contributed by atoms with van der Waals surface area (Å²) in [5.41, 5.74) is 3.05. The van der Waals surface area contributed by atoms with Crippen LogP contribution in [0.5, 0.6) is 0 Å². The molecule has 1 aliphatic rings. The first-order valence-electron chi connectivity index (χ1n) is 9.25. The minimum atomic E-state index is -0.457. The molecule has 1 atom stereocenters. The van der Waals surface area contributed by atoms with E-state index in [1.807, 2.05) is 30.3 Å². The smallest absolute Gasteiger partial charge is 0.322 e. The second kappa shape index (κ2) is 7.34. The quantitative estimate of drug-likeness (QED) is 0.755. The summed E-state index contributed by atoms with van der Waals surface area (Å²) in [6.07, 6.45) is 0.622. The summed E-state index contributed by atoms with van der Waals surface area (Å²) < 4.78 is 5.45. The molecule has 2 heterocycles. The van der Waals surface area contributed by atoms with Gasteiger partial charge in [-0.3, -0.25) is 4.79 Å². The van der Waals surface area contributed by atoms with E-state index in [1.165, 1.54) is 4.90 Å². The Morgan fingerprint density at radius 3 is 2.86 bits per heavy atom. The van der Waals surface area contributed by atoms with Crippen molar-refractivity contribution in [3.05, 3.63) is 60.0 Å². The van der Waals surface area contributed by atoms with Gasteiger partial charge in [0.25, 0.3) is 0 Å². The summed E-state index contributed by atoms with van der Waals surface area (Å²) in [4.78, 5) is 33.0. The van der Waals surface area contributed by atoms with Crippen molar-refractivity contribution in [2.45, 2.75) is 25.9 Å². The number of rotatable bonds is 4. The number of nitrogens with one attached hydrogen (secondary N) is 1. The van der Waals surface area contributed by atoms with E-state index in [0.717, 1.165) is 5.56 Å². The van der Waals surface area contributed by atoms with Crippen molar-refractivity contribution in [1.29, 1.82) is 0 Å². The van der Waals surface area contributed by atoms with Crippen molar-refractivity contribution < 1.29 is 14.0 Å². The van der Waals surface area contributed by atoms with Crippen LogP contribution >= 0.6 is 0 Å². The molecule has 7 nitrogen and oxygen atoms in total. The van der Waals surface area contributed by atoms with E-state index >= 15 is 0 Å². The van der Waals surface area contributed by atoms with Crippen molar-refractivity contribution in [1.82, 2.24) is 14.8 Å². The third kappa shape index (κ3) is 3.55. The van der Waals surface area contributed by atoms with Crippen molar-refractivity contribution in [3.8, 4) is 0 Å². The van der Waals surface area contributed by atoms with Crippen LogP contribution in [-0.2, 0) is 11.3 Å². The normalized spacial score (nSPS) is 16.6. The third-order valence-corrected chi connectivity index (χ3v) is 5.02. The summed E-state index contributed by atoms with van der Waals surface area (Å²) in [5.74, 6) is 0.551. The highest BCUT2D eigenvalue weighted by Gasteiger charge is 2.36. The number of aryl methyl sites for hydroxylation is 1. The van der Waals surface area contributed by atoms with Gasteiger partial charge in [-0.1, -0.05) is 30.3 Å². The van der Waals surface area contributed by atoms with Crippen molar-refractivity contribution in [2.75, 3.05) is 18.9 Å². The van der Waals surface area contributed by atoms with Crippen LogP contribution in [0.25, 0.3) is 11.1 Å². The number of aromatic nitrogens is 1. The maximum atomic E-state index is 12.8. The molecule has 0 saturated carbocycles. The third-order valence-electron chi connectivity index (χ3n) is 5.02. The number of benzene rings is 2. The standard InChI is InChI=1S/C21H22N4O3/c1-14-22-17-12-16(8-9-19(17)28-14)23-21(27)24(2)18-10-11-25(20(18)26)13-15-6-4-3-5-7-15/h3-9,12,18H,10-11,13H2,1-2H3,(H,23,27)/t18-/m1/s1. The number of carbonyl (C=O) groups excluding carboxylic acids is 2. The minimum absolute atomic E-state index is 0.0240. The highest BCUT2D eigenvalue weighted by molar-refractivity contribution is 5.95. The molecule has 1 aliphatic heterocycles. The number of amides is 3. The number of oxazole rings is 1. The van der Waals surface area contributed by atoms with E-state index in [0.29, 0.717) is 42.2 Å². The van der Waals surface area contributed by atoms with Crippen LogP contribution in [0.1, 0.15) is 17.9 Å². The van der Waals surface area contributed by atoms with Gasteiger partial charge in [-0.2, -0.15) is 0 Å². The van der Waals surface area contributed by atoms with Crippen LogP contribution in [0.3, 0.4) is 0 Å². The van der Waals surface area contributed by atoms with E-state index in [-0.39, 0.29) is 11.9 Å². The van der Waals surface area contributed by atoms with Gasteiger partial charge in [0, 0.05) is 32.7 Å². The Hall–Kier alpha value is -3.35. The monoisotopic (exact) mass is 378 g/mol. The van der Waals surface area contributed by atoms with Crippen LogP contribution in [-0.4, -0.2) is 46.4 Å². The van der Waals surface area contributed by atoms with E-state index in [4.69, 9.17) is 4.42 Å². The zero-order valence-electron chi connectivity index (χ0n) is 15.9. The average Bonchev–Trinajstić information content (AvgIpc) is 3.23. The molecule has 144 valence electrons. The molecule has 0 unspecified atom stereocenters. The lowest BCUT2D eigenvalue weighted by Crippen LogP contribution is -2.44. The molecule has 0 radical (unpaired) electrons. The SMILES string of the molecule is Cc1nc2cc(NC(=O)N(C)[C@@H]3CCN(Cc4ccccc4)C3=O)ccc2o1. The van der Waals surface area contributed by atoms with E-state index in [9.17, 15) is 9.59 Å². The summed E-state index contributed by atoms with van der Waals surface area (Å²) in [7, 11) is 1.66. The molecule has 2 aromatic carbocycles. The summed E-state index contributed by atoms with van der Waals surface area (Å²) >= 11 is 0. The van der Waals surface area contributed by atoms with Crippen LogP contribution in [0.15, 0.2) is 52.9 Å². The zero-order valence-corrected chi connectivity index (χ0v) is 15.9. The van der Waals surface area contributed by atoms with Gasteiger partial charge in [0.15, 0.2) is 11.5 Å². The zero-order chi connectivity index (χ0) is 19.7. The van der Waals surface area contributed by atoms with Gasteiger partial charge in [-0.15, -0.1) is 0 Å². The van der Waals surface area contributed by atoms with Gasteiger partial charge in [-0.25, -0.2) is 9.78 Å². The Morgan fingerprint density at radius 2 is 2.07 bits per heavy atom. The first-order valence-corrected chi connectivity index (χ1v) is 9.25. The number of hydrogen-bond acceptors (Lipinski definition) is 4. The number of carbonyl (C=O) groups is 2. The number of hydrogen-bond donors (Lipinski definition) is 1. The minimum Gasteiger partial charge on any atom is -0.441 e. The Balaban J connectivity index is 1.41. The predicted octanol–water partition coefficient (Wildman–Crippen LogP) is 3.40. The van der Waals surface area contributed by atoms with Crippen LogP contribution in [0.4, 0.5) is 10.5 Å². The van der Waals surface area contributed by atoms with E-state index in [1.54, 1.807) is 37.1 Å². The number of likely N-dealkylation sites (tertiary alicyclic amines) is 1. The summed E-state index contributed by atoms with van der Waals surface area (Å²) in [6.45, 7) is 2.98. The second-order valence-corrected chi connectivity index (χ2v) is 7.01. The summed E-state index contributed by atoms with van der Waals surface area (Å²) in [6, 6.07) is 14.4. The molecule has 4 rings (SSSR count). The largest absolute Gasteiger partial charge is 0.441 e. The lowest BCUT2D eigenvalue weighted by molar-refractivity contribution is -0.131. The van der Waals surface area contributed by atoms with Crippen molar-refractivity contribution >= 4 is 28.7 Å². The number of fused-ring (bicyclic) bond motifs is 1. The van der Waals surface area contributed by atoms with E-state index < -0.39 is 6.04 Å². The molecule has 3 aromatic rings. The molecule has 3 amide bonds. The van der Waals surface area contributed by atoms with Gasteiger partial charge in [0.1, 0.15) is 11.6 Å². The number of urea groups is 1. The first kappa shape index (κ1) is 18.0. The topological polar surface area (TPSA) is 78.7 Å². The molecule has 1 fully saturated rings. The van der Waals surface area contributed by atoms with Crippen LogP contribution < -0.4 is 5.32 Å². The fourth-order valence-corrected chi connectivity index (χ4v) is 3.52. The summed E-state index contributed by atoms with van der Waals surface area (Å²) in [5, 5.41) is 2.84. The maximum absolute atomic E-state index is 12.8. The Morgan fingerprint density at radius 1 is 1.29 bits per heavy atom. The Bertz CT molecular complexity index is 1010. The molecule has 0 aliphatic carbocycles. The molecular weight excluding hydrogens is 356 g/mol. The second-order valence-electron chi connectivity index (χ2n) is 7.01. The molecule has 7 heteroatoms. The van der Waals surface area contributed by atoms with Gasteiger partial charge >= 0.3 is 6.03 Å². The van der Waals surface area contributed by atoms with Crippen LogP contribution in [0.2, 0.25) is 0 Å². The Kier molecular flexibility index (Phi) is 4.73. The van der Waals surface area contributed by atoms with Crippen molar-refractivity contribution in [2.24, 2.45) is 0 Å². The van der Waals surface area contributed by atoms with Gasteiger partial charge in [0.2, 0.25) is 5.91 Å². The van der Waals surface area contributed by atoms with Gasteiger partial charge in [-0.05, 0) is 30.2 Å². The highest BCUT2D eigenvalue weighted by Crippen LogP contribution is 2.22. The Labute approximate surface area is 162 Å². The average molecular weight is 378 g/mol.